The normalized spacial score (nSPS) is 16.1. The molecule has 1 aromatic rings. The number of nitrogens with one attached hydrogen (secondary N) is 1. The number of amides is 2. The molecule has 0 aromatic heterocycles. The second-order valence-electron chi connectivity index (χ2n) is 6.60. The van der Waals surface area contributed by atoms with Gasteiger partial charge in [-0.15, -0.1) is 0 Å². The third-order valence-corrected chi connectivity index (χ3v) is 4.37. The number of nitrogens with zero attached hydrogens (tertiary/aromatic N) is 2. The first-order valence-electron chi connectivity index (χ1n) is 8.36. The van der Waals surface area contributed by atoms with Crippen LogP contribution in [0.2, 0.25) is 0 Å². The molecule has 1 heterocycles. The van der Waals surface area contributed by atoms with Crippen molar-refractivity contribution in [1.82, 2.24) is 15.1 Å². The molecular weight excluding hydrogens is 274 g/mol. The minimum Gasteiger partial charge on any atom is -0.334 e. The van der Waals surface area contributed by atoms with Crippen molar-refractivity contribution in [3.63, 3.8) is 0 Å². The summed E-state index contributed by atoms with van der Waals surface area (Å²) in [6, 6.07) is 8.25. The average molecular weight is 303 g/mol. The highest BCUT2D eigenvalue weighted by Gasteiger charge is 2.20. The first-order valence-corrected chi connectivity index (χ1v) is 8.36. The molecule has 0 spiro atoms. The maximum Gasteiger partial charge on any atom is 0.317 e. The quantitative estimate of drug-likeness (QED) is 0.908. The molecule has 122 valence electrons. The van der Waals surface area contributed by atoms with Gasteiger partial charge in [-0.2, -0.15) is 0 Å². The van der Waals surface area contributed by atoms with Crippen molar-refractivity contribution in [2.24, 2.45) is 5.92 Å². The Labute approximate surface area is 134 Å². The lowest BCUT2D eigenvalue weighted by atomic mass is 10.1. The van der Waals surface area contributed by atoms with Crippen molar-refractivity contribution in [2.45, 2.75) is 33.7 Å². The van der Waals surface area contributed by atoms with Gasteiger partial charge >= 0.3 is 6.03 Å². The standard InChI is InChI=1S/C18H29N3O/c1-15(2)8-9-20-10-12-21(13-11-20)18(22)19-14-17-7-5-4-6-16(17)3/h4-7,15H,8-14H2,1-3H3,(H,19,22). The molecule has 1 fully saturated rings. The predicted molar refractivity (Wildman–Crippen MR) is 90.9 cm³/mol. The van der Waals surface area contributed by atoms with E-state index in [1.165, 1.54) is 17.5 Å². The van der Waals surface area contributed by atoms with Gasteiger partial charge in [0.15, 0.2) is 0 Å². The summed E-state index contributed by atoms with van der Waals surface area (Å²) in [5.74, 6) is 0.746. The molecular formula is C18H29N3O. The van der Waals surface area contributed by atoms with Crippen LogP contribution in [0.3, 0.4) is 0 Å². The number of hydrogen-bond donors (Lipinski definition) is 1. The van der Waals surface area contributed by atoms with Crippen LogP contribution in [0.15, 0.2) is 24.3 Å². The molecule has 4 nitrogen and oxygen atoms in total. The SMILES string of the molecule is Cc1ccccc1CNC(=O)N1CCN(CCC(C)C)CC1. The third-order valence-electron chi connectivity index (χ3n) is 4.37. The highest BCUT2D eigenvalue weighted by Crippen LogP contribution is 2.08. The van der Waals surface area contributed by atoms with E-state index < -0.39 is 0 Å². The Morgan fingerprint density at radius 2 is 1.86 bits per heavy atom. The molecule has 0 bridgehead atoms. The Morgan fingerprint density at radius 3 is 2.50 bits per heavy atom. The molecule has 0 atom stereocenters. The molecule has 0 radical (unpaired) electrons. The van der Waals surface area contributed by atoms with E-state index in [1.54, 1.807) is 0 Å². The molecule has 1 aromatic carbocycles. The number of aryl methyl sites for hydroxylation is 1. The summed E-state index contributed by atoms with van der Waals surface area (Å²) in [7, 11) is 0. The number of hydrogen-bond acceptors (Lipinski definition) is 2. The Kier molecular flexibility index (Phi) is 6.25. The van der Waals surface area contributed by atoms with Gasteiger partial charge in [-0.05, 0) is 36.9 Å². The lowest BCUT2D eigenvalue weighted by Crippen LogP contribution is -2.51. The predicted octanol–water partition coefficient (Wildman–Crippen LogP) is 2.87. The maximum atomic E-state index is 12.3. The van der Waals surface area contributed by atoms with Crippen LogP contribution in [-0.4, -0.2) is 48.6 Å². The number of piperazine rings is 1. The number of rotatable bonds is 5. The monoisotopic (exact) mass is 303 g/mol. The molecule has 2 amide bonds. The van der Waals surface area contributed by atoms with Gasteiger partial charge < -0.3 is 10.2 Å². The summed E-state index contributed by atoms with van der Waals surface area (Å²) in [6.45, 7) is 12.0. The second kappa shape index (κ2) is 8.18. The van der Waals surface area contributed by atoms with Crippen molar-refractivity contribution in [3.8, 4) is 0 Å². The molecule has 2 rings (SSSR count). The molecule has 22 heavy (non-hydrogen) atoms. The first-order chi connectivity index (χ1) is 10.6. The second-order valence-corrected chi connectivity index (χ2v) is 6.60. The largest absolute Gasteiger partial charge is 0.334 e. The van der Waals surface area contributed by atoms with Crippen LogP contribution in [0.25, 0.3) is 0 Å². The van der Waals surface area contributed by atoms with E-state index in [0.29, 0.717) is 6.54 Å². The van der Waals surface area contributed by atoms with Gasteiger partial charge in [0, 0.05) is 32.7 Å². The fourth-order valence-corrected chi connectivity index (χ4v) is 2.71. The van der Waals surface area contributed by atoms with Gasteiger partial charge in [0.2, 0.25) is 0 Å². The van der Waals surface area contributed by atoms with E-state index in [2.05, 4.69) is 43.1 Å². The molecule has 1 aliphatic rings. The molecule has 4 heteroatoms. The average Bonchev–Trinajstić information content (AvgIpc) is 2.52. The Morgan fingerprint density at radius 1 is 1.18 bits per heavy atom. The summed E-state index contributed by atoms with van der Waals surface area (Å²) in [4.78, 5) is 16.6. The van der Waals surface area contributed by atoms with E-state index in [-0.39, 0.29) is 6.03 Å². The Balaban J connectivity index is 1.72. The van der Waals surface area contributed by atoms with Gasteiger partial charge in [-0.3, -0.25) is 4.90 Å². The number of urea groups is 1. The van der Waals surface area contributed by atoms with Crippen molar-refractivity contribution in [1.29, 1.82) is 0 Å². The van der Waals surface area contributed by atoms with E-state index >= 15 is 0 Å². The summed E-state index contributed by atoms with van der Waals surface area (Å²) < 4.78 is 0. The fourth-order valence-electron chi connectivity index (χ4n) is 2.71. The van der Waals surface area contributed by atoms with Gasteiger partial charge in [0.25, 0.3) is 0 Å². The van der Waals surface area contributed by atoms with Crippen LogP contribution in [0.5, 0.6) is 0 Å². The van der Waals surface area contributed by atoms with Crippen LogP contribution in [0.1, 0.15) is 31.4 Å². The summed E-state index contributed by atoms with van der Waals surface area (Å²) >= 11 is 0. The molecule has 0 aliphatic carbocycles. The van der Waals surface area contributed by atoms with Crippen LogP contribution >= 0.6 is 0 Å². The third kappa shape index (κ3) is 5.02. The Hall–Kier alpha value is -1.55. The zero-order valence-corrected chi connectivity index (χ0v) is 14.1. The zero-order valence-electron chi connectivity index (χ0n) is 14.1. The lowest BCUT2D eigenvalue weighted by molar-refractivity contribution is 0.135. The van der Waals surface area contributed by atoms with E-state index in [9.17, 15) is 4.79 Å². The molecule has 1 saturated heterocycles. The molecule has 0 unspecified atom stereocenters. The van der Waals surface area contributed by atoms with Crippen LogP contribution < -0.4 is 5.32 Å². The van der Waals surface area contributed by atoms with E-state index in [4.69, 9.17) is 0 Å². The van der Waals surface area contributed by atoms with E-state index in [1.807, 2.05) is 17.0 Å². The highest BCUT2D eigenvalue weighted by atomic mass is 16.2. The summed E-state index contributed by atoms with van der Waals surface area (Å²) in [5.41, 5.74) is 2.41. The maximum absolute atomic E-state index is 12.3. The lowest BCUT2D eigenvalue weighted by Gasteiger charge is -2.35. The van der Waals surface area contributed by atoms with Gasteiger partial charge in [0.1, 0.15) is 0 Å². The van der Waals surface area contributed by atoms with Gasteiger partial charge in [-0.25, -0.2) is 4.79 Å². The van der Waals surface area contributed by atoms with Crippen molar-refractivity contribution in [2.75, 3.05) is 32.7 Å². The number of carbonyl (C=O) groups is 1. The van der Waals surface area contributed by atoms with Crippen molar-refractivity contribution in [3.05, 3.63) is 35.4 Å². The summed E-state index contributed by atoms with van der Waals surface area (Å²) in [5, 5.41) is 3.04. The highest BCUT2D eigenvalue weighted by molar-refractivity contribution is 5.74. The van der Waals surface area contributed by atoms with Crippen molar-refractivity contribution < 1.29 is 4.79 Å². The fraction of sp³-hybridized carbons (Fsp3) is 0.611. The van der Waals surface area contributed by atoms with Gasteiger partial charge in [-0.1, -0.05) is 38.1 Å². The van der Waals surface area contributed by atoms with Gasteiger partial charge in [0.05, 0.1) is 0 Å². The minimum absolute atomic E-state index is 0.0618. The number of carbonyl (C=O) groups excluding carboxylic acids is 1. The summed E-state index contributed by atoms with van der Waals surface area (Å²) in [6.07, 6.45) is 1.24. The van der Waals surface area contributed by atoms with E-state index in [0.717, 1.165) is 38.6 Å². The molecule has 1 N–H and O–H groups in total. The smallest absolute Gasteiger partial charge is 0.317 e. The first kappa shape index (κ1) is 16.8. The minimum atomic E-state index is 0.0618. The topological polar surface area (TPSA) is 35.6 Å². The van der Waals surface area contributed by atoms with Crippen LogP contribution in [-0.2, 0) is 6.54 Å². The molecule has 1 aliphatic heterocycles. The van der Waals surface area contributed by atoms with Crippen LogP contribution in [0.4, 0.5) is 4.79 Å². The zero-order chi connectivity index (χ0) is 15.9. The van der Waals surface area contributed by atoms with Crippen LogP contribution in [0, 0.1) is 12.8 Å². The Bertz CT molecular complexity index is 479. The molecule has 0 saturated carbocycles. The number of benzene rings is 1. The van der Waals surface area contributed by atoms with Crippen molar-refractivity contribution >= 4 is 6.03 Å².